The number of nitrogens with zero attached hydrogens (tertiary/aromatic N) is 1. The Morgan fingerprint density at radius 1 is 1.28 bits per heavy atom. The third-order valence-corrected chi connectivity index (χ3v) is 4.42. The molecular weight excluding hydrogens is 220 g/mol. The Balaban J connectivity index is 1.60. The minimum atomic E-state index is 0.530. The van der Waals surface area contributed by atoms with Gasteiger partial charge in [-0.05, 0) is 24.3 Å². The van der Waals surface area contributed by atoms with Gasteiger partial charge in [0.2, 0.25) is 0 Å². The van der Waals surface area contributed by atoms with Gasteiger partial charge in [0.15, 0.2) is 0 Å². The van der Waals surface area contributed by atoms with Gasteiger partial charge in [-0.25, -0.2) is 0 Å². The molecule has 1 aromatic carbocycles. The van der Waals surface area contributed by atoms with E-state index in [9.17, 15) is 0 Å². The Labute approximate surface area is 110 Å². The van der Waals surface area contributed by atoms with Gasteiger partial charge in [-0.3, -0.25) is 4.90 Å². The number of benzene rings is 1. The standard InChI is InChI=1S/C16H24N2/c1-2-6-14-11-16(14)18-10-9-17-15(12-18)13-7-4-3-5-8-13/h3-5,7-8,14-17H,2,6,9-12H2,1H3. The molecule has 2 fully saturated rings. The molecular formula is C16H24N2. The van der Waals surface area contributed by atoms with Crippen molar-refractivity contribution in [3.05, 3.63) is 35.9 Å². The second-order valence-electron chi connectivity index (χ2n) is 5.76. The van der Waals surface area contributed by atoms with E-state index in [0.717, 1.165) is 18.5 Å². The maximum atomic E-state index is 3.65. The van der Waals surface area contributed by atoms with Crippen LogP contribution in [0.2, 0.25) is 0 Å². The number of nitrogens with one attached hydrogen (secondary N) is 1. The monoisotopic (exact) mass is 244 g/mol. The van der Waals surface area contributed by atoms with Crippen LogP contribution in [-0.2, 0) is 0 Å². The maximum absolute atomic E-state index is 3.65. The molecule has 0 bridgehead atoms. The minimum absolute atomic E-state index is 0.530. The van der Waals surface area contributed by atoms with Gasteiger partial charge in [-0.1, -0.05) is 43.7 Å². The van der Waals surface area contributed by atoms with E-state index in [-0.39, 0.29) is 0 Å². The lowest BCUT2D eigenvalue weighted by Crippen LogP contribution is -2.47. The second kappa shape index (κ2) is 5.41. The summed E-state index contributed by atoms with van der Waals surface area (Å²) in [6, 6.07) is 12.3. The zero-order valence-corrected chi connectivity index (χ0v) is 11.3. The van der Waals surface area contributed by atoms with Crippen LogP contribution in [0.5, 0.6) is 0 Å². The van der Waals surface area contributed by atoms with Gasteiger partial charge < -0.3 is 5.32 Å². The molecule has 2 aliphatic rings. The van der Waals surface area contributed by atoms with Crippen molar-refractivity contribution in [3.63, 3.8) is 0 Å². The van der Waals surface area contributed by atoms with Gasteiger partial charge in [0.1, 0.15) is 0 Å². The average Bonchev–Trinajstić information content (AvgIpc) is 3.20. The first-order valence-electron chi connectivity index (χ1n) is 7.41. The zero-order chi connectivity index (χ0) is 12.4. The summed E-state index contributed by atoms with van der Waals surface area (Å²) in [7, 11) is 0. The molecule has 1 saturated heterocycles. The normalized spacial score (nSPS) is 32.4. The van der Waals surface area contributed by atoms with Gasteiger partial charge >= 0.3 is 0 Å². The zero-order valence-electron chi connectivity index (χ0n) is 11.3. The smallest absolute Gasteiger partial charge is 0.0449 e. The Bertz CT molecular complexity index is 376. The van der Waals surface area contributed by atoms with Crippen LogP contribution in [0.25, 0.3) is 0 Å². The molecule has 0 radical (unpaired) electrons. The SMILES string of the molecule is CCCC1CC1N1CCNC(c2ccccc2)C1. The van der Waals surface area contributed by atoms with Crippen LogP contribution in [0.1, 0.15) is 37.8 Å². The fraction of sp³-hybridized carbons (Fsp3) is 0.625. The van der Waals surface area contributed by atoms with Crippen molar-refractivity contribution in [2.75, 3.05) is 19.6 Å². The Morgan fingerprint density at radius 2 is 2.11 bits per heavy atom. The molecule has 0 spiro atoms. The van der Waals surface area contributed by atoms with Crippen molar-refractivity contribution < 1.29 is 0 Å². The van der Waals surface area contributed by atoms with Crippen LogP contribution < -0.4 is 5.32 Å². The Kier molecular flexibility index (Phi) is 3.67. The van der Waals surface area contributed by atoms with Gasteiger partial charge in [0, 0.05) is 31.7 Å². The molecule has 3 unspecified atom stereocenters. The molecule has 3 atom stereocenters. The number of hydrogen-bond donors (Lipinski definition) is 1. The number of rotatable bonds is 4. The summed E-state index contributed by atoms with van der Waals surface area (Å²) in [6.07, 6.45) is 4.20. The van der Waals surface area contributed by atoms with Crippen molar-refractivity contribution >= 4 is 0 Å². The second-order valence-corrected chi connectivity index (χ2v) is 5.76. The molecule has 1 N–H and O–H groups in total. The van der Waals surface area contributed by atoms with Crippen molar-refractivity contribution in [2.24, 2.45) is 5.92 Å². The summed E-state index contributed by atoms with van der Waals surface area (Å²) in [5, 5.41) is 3.65. The summed E-state index contributed by atoms with van der Waals surface area (Å²) in [4.78, 5) is 2.72. The fourth-order valence-electron chi connectivity index (χ4n) is 3.34. The maximum Gasteiger partial charge on any atom is 0.0449 e. The van der Waals surface area contributed by atoms with Crippen molar-refractivity contribution in [1.82, 2.24) is 10.2 Å². The molecule has 1 aliphatic carbocycles. The molecule has 0 aromatic heterocycles. The average molecular weight is 244 g/mol. The van der Waals surface area contributed by atoms with E-state index >= 15 is 0 Å². The molecule has 1 heterocycles. The first-order valence-corrected chi connectivity index (χ1v) is 7.41. The van der Waals surface area contributed by atoms with E-state index in [1.54, 1.807) is 0 Å². The van der Waals surface area contributed by atoms with Gasteiger partial charge in [-0.15, -0.1) is 0 Å². The summed E-state index contributed by atoms with van der Waals surface area (Å²) in [5.41, 5.74) is 1.44. The molecule has 1 aliphatic heterocycles. The predicted molar refractivity (Wildman–Crippen MR) is 75.6 cm³/mol. The van der Waals surface area contributed by atoms with E-state index in [1.165, 1.54) is 37.9 Å². The molecule has 0 amide bonds. The number of hydrogen-bond acceptors (Lipinski definition) is 2. The largest absolute Gasteiger partial charge is 0.308 e. The first kappa shape index (κ1) is 12.2. The third-order valence-electron chi connectivity index (χ3n) is 4.42. The van der Waals surface area contributed by atoms with Crippen LogP contribution in [-0.4, -0.2) is 30.6 Å². The molecule has 18 heavy (non-hydrogen) atoms. The van der Waals surface area contributed by atoms with Crippen LogP contribution in [0.15, 0.2) is 30.3 Å². The number of piperazine rings is 1. The van der Waals surface area contributed by atoms with Crippen LogP contribution in [0.4, 0.5) is 0 Å². The fourth-order valence-corrected chi connectivity index (χ4v) is 3.34. The summed E-state index contributed by atoms with van der Waals surface area (Å²) in [6.45, 7) is 5.86. The molecule has 1 aromatic rings. The summed E-state index contributed by atoms with van der Waals surface area (Å²) < 4.78 is 0. The van der Waals surface area contributed by atoms with Crippen molar-refractivity contribution in [2.45, 2.75) is 38.3 Å². The van der Waals surface area contributed by atoms with Crippen LogP contribution in [0.3, 0.4) is 0 Å². The van der Waals surface area contributed by atoms with E-state index in [2.05, 4.69) is 47.5 Å². The Morgan fingerprint density at radius 3 is 2.89 bits per heavy atom. The van der Waals surface area contributed by atoms with E-state index in [4.69, 9.17) is 0 Å². The molecule has 3 rings (SSSR count). The van der Waals surface area contributed by atoms with Crippen LogP contribution >= 0.6 is 0 Å². The van der Waals surface area contributed by atoms with Crippen molar-refractivity contribution in [1.29, 1.82) is 0 Å². The topological polar surface area (TPSA) is 15.3 Å². The summed E-state index contributed by atoms with van der Waals surface area (Å²) in [5.74, 6) is 0.990. The van der Waals surface area contributed by atoms with Gasteiger partial charge in [0.25, 0.3) is 0 Å². The molecule has 2 heteroatoms. The van der Waals surface area contributed by atoms with E-state index in [0.29, 0.717) is 6.04 Å². The highest BCUT2D eigenvalue weighted by molar-refractivity contribution is 5.20. The highest BCUT2D eigenvalue weighted by Crippen LogP contribution is 2.40. The lowest BCUT2D eigenvalue weighted by atomic mass is 10.0. The lowest BCUT2D eigenvalue weighted by molar-refractivity contribution is 0.183. The molecule has 1 saturated carbocycles. The highest BCUT2D eigenvalue weighted by atomic mass is 15.2. The molecule has 2 nitrogen and oxygen atoms in total. The Hall–Kier alpha value is -0.860. The van der Waals surface area contributed by atoms with Crippen molar-refractivity contribution in [3.8, 4) is 0 Å². The highest BCUT2D eigenvalue weighted by Gasteiger charge is 2.42. The van der Waals surface area contributed by atoms with Gasteiger partial charge in [-0.2, -0.15) is 0 Å². The van der Waals surface area contributed by atoms with E-state index < -0.39 is 0 Å². The third kappa shape index (κ3) is 2.60. The predicted octanol–water partition coefficient (Wildman–Crippen LogP) is 2.82. The minimum Gasteiger partial charge on any atom is -0.308 e. The molecule has 98 valence electrons. The lowest BCUT2D eigenvalue weighted by Gasteiger charge is -2.34. The first-order chi connectivity index (χ1) is 8.88. The van der Waals surface area contributed by atoms with Crippen LogP contribution in [0, 0.1) is 5.92 Å². The van der Waals surface area contributed by atoms with E-state index in [1.807, 2.05) is 0 Å². The quantitative estimate of drug-likeness (QED) is 0.876. The van der Waals surface area contributed by atoms with Gasteiger partial charge in [0.05, 0.1) is 0 Å². The summed E-state index contributed by atoms with van der Waals surface area (Å²) >= 11 is 0.